The van der Waals surface area contributed by atoms with Crippen LogP contribution in [0, 0.1) is 27.9 Å². The lowest BCUT2D eigenvalue weighted by Crippen LogP contribution is -2.70. The number of nitrogens with zero attached hydrogens (tertiary/aromatic N) is 3. The third-order valence-electron chi connectivity index (χ3n) is 14.1. The van der Waals surface area contributed by atoms with Crippen molar-refractivity contribution in [2.45, 2.75) is 88.8 Å². The number of carbonyl (C=O) groups excluding carboxylic acids is 2. The molecule has 0 aromatic heterocycles. The molecule has 1 saturated carbocycles. The fourth-order valence-electron chi connectivity index (χ4n) is 10.8. The van der Waals surface area contributed by atoms with Crippen LogP contribution in [0.4, 0.5) is 15.3 Å². The first-order valence-corrected chi connectivity index (χ1v) is 25.1. The summed E-state index contributed by atoms with van der Waals surface area (Å²) < 4.78 is 26.7. The lowest BCUT2D eigenvalue weighted by Gasteiger charge is -2.59. The fourth-order valence-corrected chi connectivity index (χ4v) is 10.8. The van der Waals surface area contributed by atoms with Crippen LogP contribution < -0.4 is 14.8 Å². The summed E-state index contributed by atoms with van der Waals surface area (Å²) in [6, 6.07) is 34.0. The van der Waals surface area contributed by atoms with Gasteiger partial charge in [0.1, 0.15) is 24.1 Å². The van der Waals surface area contributed by atoms with Crippen molar-refractivity contribution < 1.29 is 48.5 Å². The molecule has 5 aromatic carbocycles. The summed E-state index contributed by atoms with van der Waals surface area (Å²) in [6.07, 6.45) is 8.85. The largest absolute Gasteiger partial charge is 0.459 e. The number of oxime groups is 1. The SMILES string of the molecule is C=CCCOC(=O)N(Cc1cccc2ccccc12)[C@H]1CC(=NOCc2ccc([N+](=O)[O-])cc2)C2=C[C@H](CCCCO)[C@@H](CCCCO)[C@@H]3c4cc(OC(=O)NCc5ccccc5)ccc4O[C@@]1(OCC=C)[C@H]23. The van der Waals surface area contributed by atoms with Gasteiger partial charge in [0.25, 0.3) is 5.69 Å². The molecule has 5 aromatic rings. The van der Waals surface area contributed by atoms with Crippen molar-refractivity contribution in [2.24, 2.45) is 22.9 Å². The van der Waals surface area contributed by atoms with Gasteiger partial charge in [-0.1, -0.05) is 109 Å². The molecule has 3 aliphatic rings. The first-order valence-electron chi connectivity index (χ1n) is 25.1. The number of ether oxygens (including phenoxy) is 4. The van der Waals surface area contributed by atoms with Crippen LogP contribution in [0.3, 0.4) is 0 Å². The van der Waals surface area contributed by atoms with Crippen LogP contribution in [0.15, 0.2) is 157 Å². The normalized spacial score (nSPS) is 21.2. The maximum atomic E-state index is 15.1. The molecule has 1 fully saturated rings. The number of allylic oxidation sites excluding steroid dienone is 1. The summed E-state index contributed by atoms with van der Waals surface area (Å²) in [7, 11) is 0. The predicted octanol–water partition coefficient (Wildman–Crippen LogP) is 11.1. The molecular weight excluding hydrogens is 929 g/mol. The van der Waals surface area contributed by atoms with Crippen LogP contribution in [0.1, 0.15) is 79.5 Å². The first kappa shape index (κ1) is 52.0. The summed E-state index contributed by atoms with van der Waals surface area (Å²) in [6.45, 7) is 8.42. The second-order valence-corrected chi connectivity index (χ2v) is 18.7. The third-order valence-corrected chi connectivity index (χ3v) is 14.1. The van der Waals surface area contributed by atoms with E-state index in [-0.39, 0.29) is 70.1 Å². The highest BCUT2D eigenvalue weighted by atomic mass is 16.7. The molecule has 0 saturated heterocycles. The standard InChI is InChI=1S/C58H64N4O11/c1-3-5-33-69-57(66)61(38-44-21-15-20-42-18-9-10-22-47(42)44)53-36-51(60-71-39-41-24-26-45(27-25-41)62(67)68)49-34-43(19-11-13-30-63)48(23-12-14-31-64)54-50-35-46(72-56(65)59-37-40-16-7-6-8-17-40)28-29-52(50)73-58(53,55(49)54)70-32-4-2/h3-4,6-10,15-18,20-22,24-29,34-35,43,48,53-55,63-64H,1-2,5,11-14,19,23,30-33,36-39H2,(H,59,65)/t43-,48+,53-,54+,55+,58+/m0/s1. The average molecular weight is 993 g/mol. The van der Waals surface area contributed by atoms with E-state index in [1.54, 1.807) is 41.3 Å². The Labute approximate surface area is 425 Å². The van der Waals surface area contributed by atoms with Gasteiger partial charge in [-0.2, -0.15) is 0 Å². The maximum Gasteiger partial charge on any atom is 0.412 e. The smallest absolute Gasteiger partial charge is 0.412 e. The predicted molar refractivity (Wildman–Crippen MR) is 278 cm³/mol. The van der Waals surface area contributed by atoms with Crippen molar-refractivity contribution in [3.05, 3.63) is 185 Å². The minimum absolute atomic E-state index is 0.00889. The lowest BCUT2D eigenvalue weighted by molar-refractivity contribution is -0.384. The Hall–Kier alpha value is -7.33. The van der Waals surface area contributed by atoms with E-state index in [4.69, 9.17) is 28.9 Å². The monoisotopic (exact) mass is 992 g/mol. The number of hydrogen-bond acceptors (Lipinski definition) is 12. The molecule has 15 heteroatoms. The summed E-state index contributed by atoms with van der Waals surface area (Å²) in [5.74, 6) is -2.11. The van der Waals surface area contributed by atoms with Crippen LogP contribution >= 0.6 is 0 Å². The van der Waals surface area contributed by atoms with Crippen LogP contribution in [0.5, 0.6) is 11.5 Å². The number of nitrogens with one attached hydrogen (secondary N) is 1. The van der Waals surface area contributed by atoms with Gasteiger partial charge in [0, 0.05) is 49.8 Å². The Balaban J connectivity index is 1.31. The van der Waals surface area contributed by atoms with Gasteiger partial charge >= 0.3 is 12.2 Å². The highest BCUT2D eigenvalue weighted by Gasteiger charge is 2.66. The van der Waals surface area contributed by atoms with Gasteiger partial charge in [-0.3, -0.25) is 15.0 Å². The Morgan fingerprint density at radius 3 is 2.40 bits per heavy atom. The molecule has 73 heavy (non-hydrogen) atoms. The number of nitro benzene ring substituents is 1. The topological polar surface area (TPSA) is 192 Å². The van der Waals surface area contributed by atoms with Gasteiger partial charge in [0.15, 0.2) is 0 Å². The number of unbranched alkanes of at least 4 members (excludes halogenated alkanes) is 2. The second kappa shape index (κ2) is 24.9. The van der Waals surface area contributed by atoms with E-state index >= 15 is 4.79 Å². The van der Waals surface area contributed by atoms with Crippen molar-refractivity contribution in [3.8, 4) is 11.5 Å². The number of fused-ring (bicyclic) bond motifs is 3. The van der Waals surface area contributed by atoms with E-state index in [1.165, 1.54) is 12.1 Å². The Morgan fingerprint density at radius 1 is 0.890 bits per heavy atom. The average Bonchev–Trinajstić information content (AvgIpc) is 3.41. The van der Waals surface area contributed by atoms with Gasteiger partial charge in [-0.25, -0.2) is 9.59 Å². The molecule has 1 aliphatic heterocycles. The van der Waals surface area contributed by atoms with E-state index in [0.29, 0.717) is 54.9 Å². The van der Waals surface area contributed by atoms with Crippen molar-refractivity contribution >= 4 is 34.4 Å². The van der Waals surface area contributed by atoms with Gasteiger partial charge in [-0.15, -0.1) is 13.2 Å². The van der Waals surface area contributed by atoms with E-state index in [1.807, 2.05) is 78.9 Å². The molecule has 0 unspecified atom stereocenters. The first-order chi connectivity index (χ1) is 35.7. The summed E-state index contributed by atoms with van der Waals surface area (Å²) in [5, 5.41) is 41.3. The molecule has 8 rings (SSSR count). The minimum Gasteiger partial charge on any atom is -0.459 e. The summed E-state index contributed by atoms with van der Waals surface area (Å²) in [4.78, 5) is 47.4. The van der Waals surface area contributed by atoms with Crippen molar-refractivity contribution in [1.29, 1.82) is 0 Å². The molecule has 382 valence electrons. The number of non-ortho nitro benzene ring substituents is 1. The van der Waals surface area contributed by atoms with Crippen LogP contribution in [-0.2, 0) is 34.0 Å². The number of amides is 2. The van der Waals surface area contributed by atoms with Crippen LogP contribution in [0.2, 0.25) is 0 Å². The molecule has 6 atom stereocenters. The van der Waals surface area contributed by atoms with Crippen molar-refractivity contribution in [1.82, 2.24) is 10.2 Å². The Bertz CT molecular complexity index is 2780. The highest BCUT2D eigenvalue weighted by molar-refractivity contribution is 6.03. The van der Waals surface area contributed by atoms with E-state index in [2.05, 4.69) is 24.6 Å². The molecule has 0 radical (unpaired) electrons. The van der Waals surface area contributed by atoms with Gasteiger partial charge in [-0.05, 0) is 107 Å². The summed E-state index contributed by atoms with van der Waals surface area (Å²) in [5.41, 5.74) is 4.49. The molecule has 0 spiro atoms. The third kappa shape index (κ3) is 12.1. The summed E-state index contributed by atoms with van der Waals surface area (Å²) >= 11 is 0. The molecule has 0 bridgehead atoms. The molecule has 2 aliphatic carbocycles. The van der Waals surface area contributed by atoms with E-state index in [9.17, 15) is 25.1 Å². The Kier molecular flexibility index (Phi) is 17.7. The van der Waals surface area contributed by atoms with Crippen LogP contribution in [0.25, 0.3) is 10.8 Å². The molecule has 1 heterocycles. The zero-order chi connectivity index (χ0) is 51.2. The number of benzene rings is 5. The van der Waals surface area contributed by atoms with E-state index in [0.717, 1.165) is 45.9 Å². The van der Waals surface area contributed by atoms with Crippen molar-refractivity contribution in [2.75, 3.05) is 26.4 Å². The van der Waals surface area contributed by atoms with E-state index < -0.39 is 40.8 Å². The highest BCUT2D eigenvalue weighted by Crippen LogP contribution is 2.62. The number of nitro groups is 1. The number of aliphatic hydroxyl groups is 2. The van der Waals surface area contributed by atoms with Gasteiger partial charge < -0.3 is 39.3 Å². The van der Waals surface area contributed by atoms with Crippen molar-refractivity contribution in [3.63, 3.8) is 0 Å². The maximum absolute atomic E-state index is 15.1. The number of hydrogen-bond donors (Lipinski definition) is 3. The molecular formula is C58H64N4O11. The van der Waals surface area contributed by atoms with Crippen LogP contribution in [-0.4, -0.2) is 76.2 Å². The second-order valence-electron chi connectivity index (χ2n) is 18.7. The molecule has 15 nitrogen and oxygen atoms in total. The zero-order valence-corrected chi connectivity index (χ0v) is 41.0. The molecule has 3 N–H and O–H groups in total. The number of carbonyl (C=O) groups is 2. The quantitative estimate of drug-likeness (QED) is 0.0231. The Morgan fingerprint density at radius 2 is 1.64 bits per heavy atom. The minimum atomic E-state index is -1.61. The lowest BCUT2D eigenvalue weighted by atomic mass is 9.55. The molecule has 2 amide bonds. The zero-order valence-electron chi connectivity index (χ0n) is 41.0. The fraction of sp³-hybridized carbons (Fsp3) is 0.362. The van der Waals surface area contributed by atoms with Gasteiger partial charge in [0.05, 0.1) is 36.3 Å². The van der Waals surface area contributed by atoms with Gasteiger partial charge in [0.2, 0.25) is 5.79 Å². The number of aliphatic hydroxyl groups excluding tert-OH is 2. The number of rotatable bonds is 24.